The third-order valence-electron chi connectivity index (χ3n) is 2.41. The second-order valence-electron chi connectivity index (χ2n) is 3.89. The molecule has 22 heavy (non-hydrogen) atoms. The Balaban J connectivity index is 1.71. The predicted molar refractivity (Wildman–Crippen MR) is 87.4 cm³/mol. The Hall–Kier alpha value is -1.91. The highest BCUT2D eigenvalue weighted by atomic mass is 32.2. The Bertz CT molecular complexity index is 772. The molecule has 3 aromatic rings. The minimum absolute atomic E-state index is 0.310. The van der Waals surface area contributed by atoms with Crippen LogP contribution in [0.4, 0.5) is 5.13 Å². The van der Waals surface area contributed by atoms with E-state index in [9.17, 15) is 4.79 Å². The van der Waals surface area contributed by atoms with Crippen LogP contribution >= 0.6 is 34.4 Å². The minimum Gasteiger partial charge on any atom is -0.295 e. The Labute approximate surface area is 138 Å². The van der Waals surface area contributed by atoms with E-state index in [1.54, 1.807) is 35.7 Å². The van der Waals surface area contributed by atoms with E-state index in [0.717, 1.165) is 10.1 Å². The molecule has 0 bridgehead atoms. The van der Waals surface area contributed by atoms with Crippen LogP contribution in [0.1, 0.15) is 17.4 Å². The van der Waals surface area contributed by atoms with Crippen LogP contribution in [0, 0.1) is 0 Å². The molecule has 0 aliphatic rings. The minimum atomic E-state index is -0.310. The molecule has 1 amide bonds. The topological polar surface area (TPSA) is 93.6 Å². The van der Waals surface area contributed by atoms with Gasteiger partial charge in [-0.1, -0.05) is 30.0 Å². The number of hydrogen-bond donors (Lipinski definition) is 1. The maximum Gasteiger partial charge on any atom is 0.276 e. The van der Waals surface area contributed by atoms with E-state index in [0.29, 0.717) is 21.5 Å². The van der Waals surface area contributed by atoms with Gasteiger partial charge in [0.15, 0.2) is 4.34 Å². The SMILES string of the molecule is CCSc1nnc(NC(=O)c2csc(-c3cnccn3)n2)s1. The summed E-state index contributed by atoms with van der Waals surface area (Å²) in [5.41, 5.74) is 0.967. The number of rotatable bonds is 5. The maximum absolute atomic E-state index is 12.2. The summed E-state index contributed by atoms with van der Waals surface area (Å²) in [6.45, 7) is 2.04. The largest absolute Gasteiger partial charge is 0.295 e. The number of hydrogen-bond acceptors (Lipinski definition) is 9. The summed E-state index contributed by atoms with van der Waals surface area (Å²) in [6.07, 6.45) is 4.79. The molecular weight excluding hydrogens is 340 g/mol. The van der Waals surface area contributed by atoms with Crippen molar-refractivity contribution in [3.8, 4) is 10.7 Å². The molecule has 7 nitrogen and oxygen atoms in total. The smallest absolute Gasteiger partial charge is 0.276 e. The molecule has 0 spiro atoms. The number of carbonyl (C=O) groups excluding carboxylic acids is 1. The van der Waals surface area contributed by atoms with E-state index < -0.39 is 0 Å². The number of anilines is 1. The summed E-state index contributed by atoms with van der Waals surface area (Å²) in [7, 11) is 0. The molecule has 0 unspecified atom stereocenters. The summed E-state index contributed by atoms with van der Waals surface area (Å²) in [5, 5.41) is 13.4. The Morgan fingerprint density at radius 1 is 1.36 bits per heavy atom. The average Bonchev–Trinajstić information content (AvgIpc) is 3.18. The van der Waals surface area contributed by atoms with Crippen molar-refractivity contribution >= 4 is 45.5 Å². The fourth-order valence-corrected chi connectivity index (χ4v) is 3.91. The summed E-state index contributed by atoms with van der Waals surface area (Å²) >= 11 is 4.27. The van der Waals surface area contributed by atoms with Crippen LogP contribution in [0.2, 0.25) is 0 Å². The lowest BCUT2D eigenvalue weighted by Crippen LogP contribution is -2.12. The lowest BCUT2D eigenvalue weighted by Gasteiger charge is -1.96. The van der Waals surface area contributed by atoms with Gasteiger partial charge in [0.2, 0.25) is 5.13 Å². The number of thioether (sulfide) groups is 1. The third kappa shape index (κ3) is 3.46. The fraction of sp³-hybridized carbons (Fsp3) is 0.167. The maximum atomic E-state index is 12.2. The number of nitrogens with zero attached hydrogens (tertiary/aromatic N) is 5. The average molecular weight is 350 g/mol. The fourth-order valence-electron chi connectivity index (χ4n) is 1.51. The van der Waals surface area contributed by atoms with E-state index >= 15 is 0 Å². The first-order valence-corrected chi connectivity index (χ1v) is 8.94. The van der Waals surface area contributed by atoms with Crippen LogP contribution in [0.3, 0.4) is 0 Å². The van der Waals surface area contributed by atoms with Gasteiger partial charge < -0.3 is 0 Å². The van der Waals surface area contributed by atoms with Gasteiger partial charge in [-0.15, -0.1) is 21.5 Å². The Morgan fingerprint density at radius 3 is 3.05 bits per heavy atom. The molecule has 0 atom stereocenters. The van der Waals surface area contributed by atoms with Gasteiger partial charge in [-0.25, -0.2) is 4.98 Å². The Kier molecular flexibility index (Phi) is 4.71. The van der Waals surface area contributed by atoms with Crippen molar-refractivity contribution in [1.29, 1.82) is 0 Å². The van der Waals surface area contributed by atoms with E-state index in [1.807, 2.05) is 6.92 Å². The molecule has 3 heterocycles. The zero-order valence-electron chi connectivity index (χ0n) is 11.4. The van der Waals surface area contributed by atoms with Gasteiger partial charge in [-0.3, -0.25) is 20.1 Å². The van der Waals surface area contributed by atoms with Gasteiger partial charge in [0, 0.05) is 17.8 Å². The first-order valence-electron chi connectivity index (χ1n) is 6.26. The molecule has 0 fully saturated rings. The van der Waals surface area contributed by atoms with Gasteiger partial charge >= 0.3 is 0 Å². The normalized spacial score (nSPS) is 10.6. The third-order valence-corrected chi connectivity index (χ3v) is 5.13. The quantitative estimate of drug-likeness (QED) is 0.558. The summed E-state index contributed by atoms with van der Waals surface area (Å²) in [5.74, 6) is 0.603. The number of nitrogens with one attached hydrogen (secondary N) is 1. The summed E-state index contributed by atoms with van der Waals surface area (Å²) < 4.78 is 0.830. The van der Waals surface area contributed by atoms with E-state index in [1.165, 1.54) is 22.7 Å². The lowest BCUT2D eigenvalue weighted by atomic mass is 10.4. The number of amides is 1. The molecule has 10 heteroatoms. The molecule has 0 saturated carbocycles. The van der Waals surface area contributed by atoms with Crippen LogP contribution in [-0.4, -0.2) is 36.8 Å². The van der Waals surface area contributed by atoms with Crippen molar-refractivity contribution in [2.45, 2.75) is 11.3 Å². The van der Waals surface area contributed by atoms with Crippen molar-refractivity contribution in [2.75, 3.05) is 11.1 Å². The monoisotopic (exact) mass is 350 g/mol. The molecule has 0 aliphatic heterocycles. The number of carbonyl (C=O) groups is 1. The van der Waals surface area contributed by atoms with Crippen LogP contribution in [-0.2, 0) is 0 Å². The van der Waals surface area contributed by atoms with Crippen molar-refractivity contribution in [2.24, 2.45) is 0 Å². The molecule has 112 valence electrons. The van der Waals surface area contributed by atoms with E-state index in [2.05, 4.69) is 30.5 Å². The lowest BCUT2D eigenvalue weighted by molar-refractivity contribution is 0.102. The summed E-state index contributed by atoms with van der Waals surface area (Å²) in [4.78, 5) is 24.6. The number of aromatic nitrogens is 5. The highest BCUT2D eigenvalue weighted by molar-refractivity contribution is 8.01. The van der Waals surface area contributed by atoms with Crippen molar-refractivity contribution in [3.63, 3.8) is 0 Å². The molecule has 3 rings (SSSR count). The van der Waals surface area contributed by atoms with E-state index in [4.69, 9.17) is 0 Å². The van der Waals surface area contributed by atoms with Crippen molar-refractivity contribution < 1.29 is 4.79 Å². The zero-order valence-corrected chi connectivity index (χ0v) is 13.8. The van der Waals surface area contributed by atoms with Gasteiger partial charge in [-0.2, -0.15) is 0 Å². The second-order valence-corrected chi connectivity index (χ2v) is 7.24. The van der Waals surface area contributed by atoms with Crippen LogP contribution in [0.15, 0.2) is 28.3 Å². The molecule has 1 N–H and O–H groups in total. The summed E-state index contributed by atoms with van der Waals surface area (Å²) in [6, 6.07) is 0. The van der Waals surface area contributed by atoms with Crippen molar-refractivity contribution in [3.05, 3.63) is 29.7 Å². The van der Waals surface area contributed by atoms with Gasteiger partial charge in [0.1, 0.15) is 16.4 Å². The van der Waals surface area contributed by atoms with Crippen LogP contribution < -0.4 is 5.32 Å². The zero-order chi connectivity index (χ0) is 15.4. The second kappa shape index (κ2) is 6.90. The molecule has 0 aromatic carbocycles. The molecule has 0 radical (unpaired) electrons. The molecule has 0 saturated heterocycles. The predicted octanol–water partition coefficient (Wildman–Crippen LogP) is 2.82. The standard InChI is InChI=1S/C12H10N6OS3/c1-2-20-12-18-17-11(22-12)16-9(19)8-6-21-10(15-8)7-5-13-3-4-14-7/h3-6H,2H2,1H3,(H,16,17,19). The van der Waals surface area contributed by atoms with E-state index in [-0.39, 0.29) is 5.91 Å². The first kappa shape index (κ1) is 15.0. The first-order chi connectivity index (χ1) is 10.8. The van der Waals surface area contributed by atoms with Crippen LogP contribution in [0.25, 0.3) is 10.7 Å². The number of thiazole rings is 1. The molecule has 3 aromatic heterocycles. The van der Waals surface area contributed by atoms with Crippen LogP contribution in [0.5, 0.6) is 0 Å². The van der Waals surface area contributed by atoms with Gasteiger partial charge in [0.05, 0.1) is 6.20 Å². The molecular formula is C12H10N6OS3. The van der Waals surface area contributed by atoms with Gasteiger partial charge in [-0.05, 0) is 5.75 Å². The highest BCUT2D eigenvalue weighted by Gasteiger charge is 2.15. The van der Waals surface area contributed by atoms with Gasteiger partial charge in [0.25, 0.3) is 5.91 Å². The highest BCUT2D eigenvalue weighted by Crippen LogP contribution is 2.26. The molecule has 0 aliphatic carbocycles. The van der Waals surface area contributed by atoms with Crippen molar-refractivity contribution in [1.82, 2.24) is 25.1 Å². The Morgan fingerprint density at radius 2 is 2.27 bits per heavy atom.